The van der Waals surface area contributed by atoms with Gasteiger partial charge in [0.1, 0.15) is 5.82 Å². The predicted molar refractivity (Wildman–Crippen MR) is 128 cm³/mol. The van der Waals surface area contributed by atoms with Gasteiger partial charge in [0.05, 0.1) is 17.9 Å². The van der Waals surface area contributed by atoms with Crippen LogP contribution in [0.3, 0.4) is 0 Å². The van der Waals surface area contributed by atoms with E-state index in [2.05, 4.69) is 20.5 Å². The normalized spacial score (nSPS) is 19.8. The first-order valence-corrected chi connectivity index (χ1v) is 11.5. The van der Waals surface area contributed by atoms with Gasteiger partial charge in [0.2, 0.25) is 0 Å². The summed E-state index contributed by atoms with van der Waals surface area (Å²) < 4.78 is 5.28. The number of nitrogens with one attached hydrogen (secondary N) is 3. The van der Waals surface area contributed by atoms with E-state index >= 15 is 0 Å². The highest BCUT2D eigenvalue weighted by atomic mass is 16.5. The maximum atomic E-state index is 12.7. The molecule has 7 heteroatoms. The lowest BCUT2D eigenvalue weighted by Crippen LogP contribution is -2.29. The van der Waals surface area contributed by atoms with E-state index in [1.54, 1.807) is 6.92 Å². The maximum absolute atomic E-state index is 12.7. The lowest BCUT2D eigenvalue weighted by Gasteiger charge is -2.27. The van der Waals surface area contributed by atoms with Crippen LogP contribution < -0.4 is 15.5 Å². The summed E-state index contributed by atoms with van der Waals surface area (Å²) >= 11 is 0. The highest BCUT2D eigenvalue weighted by Gasteiger charge is 2.38. The fourth-order valence-corrected chi connectivity index (χ4v) is 4.65. The Balaban J connectivity index is 1.84. The third-order valence-electron chi connectivity index (χ3n) is 6.34. The van der Waals surface area contributed by atoms with E-state index in [9.17, 15) is 4.79 Å². The highest BCUT2D eigenvalue weighted by Crippen LogP contribution is 2.37. The Bertz CT molecular complexity index is 1010. The van der Waals surface area contributed by atoms with Crippen LogP contribution in [-0.4, -0.2) is 49.5 Å². The molecule has 0 bridgehead atoms. The Morgan fingerprint density at radius 2 is 2.00 bits per heavy atom. The van der Waals surface area contributed by atoms with Crippen LogP contribution in [0, 0.1) is 30.1 Å². The van der Waals surface area contributed by atoms with Gasteiger partial charge >= 0.3 is 5.97 Å². The largest absolute Gasteiger partial charge is 0.461 e. The average molecular weight is 436 g/mol. The van der Waals surface area contributed by atoms with Crippen molar-refractivity contribution in [3.63, 3.8) is 0 Å². The number of aryl methyl sites for hydroxylation is 1. The molecule has 0 spiro atoms. The summed E-state index contributed by atoms with van der Waals surface area (Å²) in [6.07, 6.45) is 0. The second-order valence-corrected chi connectivity index (χ2v) is 9.12. The molecule has 2 unspecified atom stereocenters. The Morgan fingerprint density at radius 1 is 1.28 bits per heavy atom. The number of nitrogens with zero attached hydrogens (tertiary/aromatic N) is 2. The number of hydrogen-bond acceptors (Lipinski definition) is 7. The second-order valence-electron chi connectivity index (χ2n) is 9.12. The summed E-state index contributed by atoms with van der Waals surface area (Å²) in [6.45, 7) is 12.0. The number of rotatable bonds is 7. The van der Waals surface area contributed by atoms with Crippen molar-refractivity contribution >= 4 is 28.9 Å². The first kappa shape index (κ1) is 22.3. The Labute approximate surface area is 190 Å². The van der Waals surface area contributed by atoms with E-state index in [1.807, 2.05) is 51.1 Å². The van der Waals surface area contributed by atoms with Crippen LogP contribution in [0.5, 0.6) is 0 Å². The van der Waals surface area contributed by atoms with Gasteiger partial charge in [-0.25, -0.2) is 9.78 Å². The third-order valence-corrected chi connectivity index (χ3v) is 6.34. The Kier molecular flexibility index (Phi) is 6.46. The second kappa shape index (κ2) is 9.28. The molecule has 2 fully saturated rings. The van der Waals surface area contributed by atoms with Gasteiger partial charge in [-0.15, -0.1) is 0 Å². The maximum Gasteiger partial charge on any atom is 0.357 e. The molecule has 32 heavy (non-hydrogen) atoms. The number of ether oxygens (including phenoxy) is 1. The summed E-state index contributed by atoms with van der Waals surface area (Å²) in [5.41, 5.74) is 4.44. The number of aromatic nitrogens is 1. The van der Waals surface area contributed by atoms with E-state index in [0.29, 0.717) is 30.0 Å². The summed E-state index contributed by atoms with van der Waals surface area (Å²) in [5.74, 6) is 1.28. The van der Waals surface area contributed by atoms with Crippen molar-refractivity contribution in [3.05, 3.63) is 47.2 Å². The molecule has 2 aliphatic heterocycles. The van der Waals surface area contributed by atoms with Crippen molar-refractivity contribution in [1.29, 1.82) is 5.41 Å². The van der Waals surface area contributed by atoms with Crippen LogP contribution in [0.2, 0.25) is 0 Å². The average Bonchev–Trinajstić information content (AvgIpc) is 3.35. The standard InChI is InChI=1S/C25H33N5O2/c1-5-32-25(31)20-10-21(30-13-17-11-27-12-18(17)14-30)22(23(26)15(2)3)24(29-20)28-19-8-6-7-16(4)9-19/h6-10,15,17-18,26-27H,5,11-14H2,1-4H3,(H,28,29). The minimum atomic E-state index is -0.440. The quantitative estimate of drug-likeness (QED) is 0.450. The van der Waals surface area contributed by atoms with E-state index in [1.165, 1.54) is 0 Å². The van der Waals surface area contributed by atoms with Crippen molar-refractivity contribution in [2.75, 3.05) is 43.0 Å². The van der Waals surface area contributed by atoms with Gasteiger partial charge in [-0.2, -0.15) is 0 Å². The van der Waals surface area contributed by atoms with Crippen LogP contribution in [0.25, 0.3) is 0 Å². The lowest BCUT2D eigenvalue weighted by molar-refractivity contribution is 0.0519. The van der Waals surface area contributed by atoms with Gasteiger partial charge in [-0.05, 0) is 55.4 Å². The predicted octanol–water partition coefficient (Wildman–Crippen LogP) is 3.99. The fraction of sp³-hybridized carbons (Fsp3) is 0.480. The Morgan fingerprint density at radius 3 is 2.62 bits per heavy atom. The number of esters is 1. The molecule has 4 rings (SSSR count). The minimum absolute atomic E-state index is 0.0193. The molecule has 170 valence electrons. The molecule has 2 saturated heterocycles. The Hall–Kier alpha value is -2.93. The van der Waals surface area contributed by atoms with Crippen LogP contribution >= 0.6 is 0 Å². The summed E-state index contributed by atoms with van der Waals surface area (Å²) in [6, 6.07) is 9.84. The van der Waals surface area contributed by atoms with Crippen LogP contribution in [0.15, 0.2) is 30.3 Å². The van der Waals surface area contributed by atoms with Crippen molar-refractivity contribution in [3.8, 4) is 0 Å². The van der Waals surface area contributed by atoms with Gasteiger partial charge in [0, 0.05) is 37.6 Å². The van der Waals surface area contributed by atoms with Gasteiger partial charge in [0.25, 0.3) is 0 Å². The molecule has 3 N–H and O–H groups in total. The molecule has 0 amide bonds. The fourth-order valence-electron chi connectivity index (χ4n) is 4.65. The molecule has 7 nitrogen and oxygen atoms in total. The van der Waals surface area contributed by atoms with E-state index < -0.39 is 5.97 Å². The van der Waals surface area contributed by atoms with E-state index in [0.717, 1.165) is 48.7 Å². The van der Waals surface area contributed by atoms with Crippen LogP contribution in [0.1, 0.15) is 42.4 Å². The minimum Gasteiger partial charge on any atom is -0.461 e. The van der Waals surface area contributed by atoms with Gasteiger partial charge in [-0.3, -0.25) is 0 Å². The molecular weight excluding hydrogens is 402 g/mol. The number of carbonyl (C=O) groups excluding carboxylic acids is 1. The number of fused-ring (bicyclic) bond motifs is 1. The van der Waals surface area contributed by atoms with Crippen molar-refractivity contribution in [1.82, 2.24) is 10.3 Å². The number of anilines is 3. The summed E-state index contributed by atoms with van der Waals surface area (Å²) in [5, 5.41) is 15.8. The third kappa shape index (κ3) is 4.48. The lowest BCUT2D eigenvalue weighted by atomic mass is 9.97. The number of carbonyl (C=O) groups is 1. The zero-order valence-corrected chi connectivity index (χ0v) is 19.4. The zero-order chi connectivity index (χ0) is 22.8. The van der Waals surface area contributed by atoms with Gasteiger partial charge < -0.3 is 25.7 Å². The van der Waals surface area contributed by atoms with Crippen molar-refractivity contribution < 1.29 is 9.53 Å². The molecule has 0 saturated carbocycles. The summed E-state index contributed by atoms with van der Waals surface area (Å²) in [7, 11) is 0. The molecular formula is C25H33N5O2. The monoisotopic (exact) mass is 435 g/mol. The van der Waals surface area contributed by atoms with Gasteiger partial charge in [-0.1, -0.05) is 26.0 Å². The number of benzene rings is 1. The first-order valence-electron chi connectivity index (χ1n) is 11.5. The van der Waals surface area contributed by atoms with E-state index in [-0.39, 0.29) is 11.6 Å². The van der Waals surface area contributed by atoms with Gasteiger partial charge in [0.15, 0.2) is 5.69 Å². The molecule has 2 aliphatic rings. The summed E-state index contributed by atoms with van der Waals surface area (Å²) in [4.78, 5) is 19.7. The highest BCUT2D eigenvalue weighted by molar-refractivity contribution is 6.09. The SMILES string of the molecule is CCOC(=O)c1cc(N2CC3CNCC3C2)c(C(=N)C(C)C)c(Nc2cccc(C)c2)n1. The molecule has 3 heterocycles. The molecule has 0 radical (unpaired) electrons. The topological polar surface area (TPSA) is 90.3 Å². The zero-order valence-electron chi connectivity index (χ0n) is 19.4. The van der Waals surface area contributed by atoms with Crippen LogP contribution in [-0.2, 0) is 4.74 Å². The van der Waals surface area contributed by atoms with Crippen molar-refractivity contribution in [2.45, 2.75) is 27.7 Å². The van der Waals surface area contributed by atoms with E-state index in [4.69, 9.17) is 10.1 Å². The molecule has 1 aromatic heterocycles. The van der Waals surface area contributed by atoms with Crippen molar-refractivity contribution in [2.24, 2.45) is 17.8 Å². The molecule has 0 aliphatic carbocycles. The molecule has 2 atom stereocenters. The number of pyridine rings is 1. The van der Waals surface area contributed by atoms with Crippen LogP contribution in [0.4, 0.5) is 17.2 Å². The smallest absolute Gasteiger partial charge is 0.357 e. The first-order chi connectivity index (χ1) is 15.4. The molecule has 1 aromatic carbocycles. The molecule has 2 aromatic rings. The number of hydrogen-bond donors (Lipinski definition) is 3.